The topological polar surface area (TPSA) is 53.1 Å². The number of benzene rings is 1. The normalized spacial score (nSPS) is 10.5. The molecule has 0 spiro atoms. The van der Waals surface area contributed by atoms with Gasteiger partial charge in [-0.3, -0.25) is 0 Å². The van der Waals surface area contributed by atoms with E-state index >= 15 is 0 Å². The van der Waals surface area contributed by atoms with Gasteiger partial charge in [-0.1, -0.05) is 0 Å². The summed E-state index contributed by atoms with van der Waals surface area (Å²) in [6.45, 7) is 1.82. The quantitative estimate of drug-likeness (QED) is 0.697. The SMILES string of the molecule is Cc1c(C(=O)O)ccc2[nH]ccc12. The van der Waals surface area contributed by atoms with Crippen LogP contribution in [0.4, 0.5) is 0 Å². The van der Waals surface area contributed by atoms with Crippen LogP contribution in [-0.4, -0.2) is 16.1 Å². The first-order chi connectivity index (χ1) is 6.20. The Morgan fingerprint density at radius 2 is 2.15 bits per heavy atom. The number of aromatic nitrogens is 1. The zero-order valence-corrected chi connectivity index (χ0v) is 7.16. The maximum absolute atomic E-state index is 10.8. The summed E-state index contributed by atoms with van der Waals surface area (Å²) >= 11 is 0. The molecule has 0 fully saturated rings. The van der Waals surface area contributed by atoms with Gasteiger partial charge in [0.05, 0.1) is 5.56 Å². The van der Waals surface area contributed by atoms with Gasteiger partial charge >= 0.3 is 5.97 Å². The lowest BCUT2D eigenvalue weighted by molar-refractivity contribution is 0.0696. The summed E-state index contributed by atoms with van der Waals surface area (Å²) in [5.74, 6) is -0.874. The molecule has 0 unspecified atom stereocenters. The molecule has 0 aliphatic rings. The average Bonchev–Trinajstić information content (AvgIpc) is 2.52. The number of H-pyrrole nitrogens is 1. The van der Waals surface area contributed by atoms with Crippen molar-refractivity contribution in [3.63, 3.8) is 0 Å². The Kier molecular flexibility index (Phi) is 1.59. The van der Waals surface area contributed by atoms with E-state index in [1.807, 2.05) is 19.2 Å². The predicted octanol–water partition coefficient (Wildman–Crippen LogP) is 2.17. The first-order valence-electron chi connectivity index (χ1n) is 4.00. The fourth-order valence-electron chi connectivity index (χ4n) is 1.52. The fraction of sp³-hybridized carbons (Fsp3) is 0.100. The summed E-state index contributed by atoms with van der Waals surface area (Å²) in [5.41, 5.74) is 2.15. The van der Waals surface area contributed by atoms with E-state index in [9.17, 15) is 4.79 Å². The summed E-state index contributed by atoms with van der Waals surface area (Å²) in [6, 6.07) is 5.29. The Balaban J connectivity index is 2.80. The molecule has 2 N–H and O–H groups in total. The predicted molar refractivity (Wildman–Crippen MR) is 50.0 cm³/mol. The molecule has 1 aromatic heterocycles. The lowest BCUT2D eigenvalue weighted by Gasteiger charge is -2.01. The second-order valence-electron chi connectivity index (χ2n) is 2.98. The molecule has 0 bridgehead atoms. The summed E-state index contributed by atoms with van der Waals surface area (Å²) in [7, 11) is 0. The van der Waals surface area contributed by atoms with E-state index in [1.165, 1.54) is 0 Å². The van der Waals surface area contributed by atoms with Crippen LogP contribution in [0.3, 0.4) is 0 Å². The Bertz CT molecular complexity index is 471. The molecule has 3 nitrogen and oxygen atoms in total. The van der Waals surface area contributed by atoms with Crippen molar-refractivity contribution < 1.29 is 9.90 Å². The molecule has 0 atom stereocenters. The van der Waals surface area contributed by atoms with Crippen molar-refractivity contribution in [3.05, 3.63) is 35.5 Å². The van der Waals surface area contributed by atoms with Crippen molar-refractivity contribution in [2.24, 2.45) is 0 Å². The lowest BCUT2D eigenvalue weighted by atomic mass is 10.1. The van der Waals surface area contributed by atoms with Crippen LogP contribution in [0, 0.1) is 6.92 Å². The Morgan fingerprint density at radius 3 is 2.85 bits per heavy atom. The van der Waals surface area contributed by atoms with E-state index in [-0.39, 0.29) is 0 Å². The van der Waals surface area contributed by atoms with Crippen molar-refractivity contribution in [2.75, 3.05) is 0 Å². The van der Waals surface area contributed by atoms with Crippen LogP contribution in [0.25, 0.3) is 10.9 Å². The van der Waals surface area contributed by atoms with E-state index in [0.717, 1.165) is 16.5 Å². The zero-order chi connectivity index (χ0) is 9.42. The average molecular weight is 175 g/mol. The number of aryl methyl sites for hydroxylation is 1. The first kappa shape index (κ1) is 7.86. The molecule has 0 saturated heterocycles. The van der Waals surface area contributed by atoms with Gasteiger partial charge in [-0.05, 0) is 30.7 Å². The Morgan fingerprint density at radius 1 is 1.38 bits per heavy atom. The standard InChI is InChI=1S/C10H9NO2/c1-6-7-4-5-11-9(7)3-2-8(6)10(12)13/h2-5,11H,1H3,(H,12,13). The largest absolute Gasteiger partial charge is 0.478 e. The van der Waals surface area contributed by atoms with Gasteiger partial charge < -0.3 is 10.1 Å². The number of carboxylic acid groups (broad SMARTS) is 1. The number of hydrogen-bond donors (Lipinski definition) is 2. The van der Waals surface area contributed by atoms with Gasteiger partial charge in [0.15, 0.2) is 0 Å². The fourth-order valence-corrected chi connectivity index (χ4v) is 1.52. The summed E-state index contributed by atoms with van der Waals surface area (Å²) in [5, 5.41) is 9.82. The van der Waals surface area contributed by atoms with Gasteiger partial charge in [0, 0.05) is 17.1 Å². The Hall–Kier alpha value is -1.77. The highest BCUT2D eigenvalue weighted by atomic mass is 16.4. The van der Waals surface area contributed by atoms with E-state index in [4.69, 9.17) is 5.11 Å². The number of aromatic carboxylic acids is 1. The lowest BCUT2D eigenvalue weighted by Crippen LogP contribution is -1.99. The number of hydrogen-bond acceptors (Lipinski definition) is 1. The maximum Gasteiger partial charge on any atom is 0.335 e. The molecular formula is C10H9NO2. The second kappa shape index (κ2) is 2.62. The van der Waals surface area contributed by atoms with Gasteiger partial charge in [0.2, 0.25) is 0 Å². The number of fused-ring (bicyclic) bond motifs is 1. The highest BCUT2D eigenvalue weighted by Gasteiger charge is 2.09. The van der Waals surface area contributed by atoms with Crippen LogP contribution in [-0.2, 0) is 0 Å². The molecule has 0 aliphatic carbocycles. The first-order valence-corrected chi connectivity index (χ1v) is 4.00. The van der Waals surface area contributed by atoms with Gasteiger partial charge in [-0.25, -0.2) is 4.79 Å². The molecule has 0 aliphatic heterocycles. The molecule has 2 rings (SSSR count). The number of carbonyl (C=O) groups is 1. The van der Waals surface area contributed by atoms with E-state index in [0.29, 0.717) is 5.56 Å². The van der Waals surface area contributed by atoms with E-state index in [1.54, 1.807) is 12.1 Å². The third-order valence-electron chi connectivity index (χ3n) is 2.23. The molecule has 0 saturated carbocycles. The van der Waals surface area contributed by atoms with Crippen LogP contribution in [0.15, 0.2) is 24.4 Å². The molecular weight excluding hydrogens is 166 g/mol. The third-order valence-corrected chi connectivity index (χ3v) is 2.23. The smallest absolute Gasteiger partial charge is 0.335 e. The van der Waals surface area contributed by atoms with Crippen LogP contribution in [0.2, 0.25) is 0 Å². The summed E-state index contributed by atoms with van der Waals surface area (Å²) in [4.78, 5) is 13.8. The van der Waals surface area contributed by atoms with E-state index in [2.05, 4.69) is 4.98 Å². The third kappa shape index (κ3) is 1.09. The van der Waals surface area contributed by atoms with Gasteiger partial charge in [0.1, 0.15) is 0 Å². The molecule has 2 aromatic rings. The van der Waals surface area contributed by atoms with Crippen LogP contribution in [0.5, 0.6) is 0 Å². The minimum Gasteiger partial charge on any atom is -0.478 e. The van der Waals surface area contributed by atoms with Crippen molar-refractivity contribution in [1.82, 2.24) is 4.98 Å². The minimum absolute atomic E-state index is 0.368. The van der Waals surface area contributed by atoms with Gasteiger partial charge in [-0.2, -0.15) is 0 Å². The van der Waals surface area contributed by atoms with Crippen LogP contribution in [0.1, 0.15) is 15.9 Å². The highest BCUT2D eigenvalue weighted by molar-refractivity contribution is 5.96. The summed E-state index contributed by atoms with van der Waals surface area (Å²) in [6.07, 6.45) is 1.81. The van der Waals surface area contributed by atoms with Crippen molar-refractivity contribution in [1.29, 1.82) is 0 Å². The van der Waals surface area contributed by atoms with Gasteiger partial charge in [0.25, 0.3) is 0 Å². The molecule has 3 heteroatoms. The molecule has 1 heterocycles. The van der Waals surface area contributed by atoms with Gasteiger partial charge in [-0.15, -0.1) is 0 Å². The number of rotatable bonds is 1. The van der Waals surface area contributed by atoms with E-state index < -0.39 is 5.97 Å². The molecule has 66 valence electrons. The molecule has 0 amide bonds. The van der Waals surface area contributed by atoms with Crippen molar-refractivity contribution >= 4 is 16.9 Å². The summed E-state index contributed by atoms with van der Waals surface area (Å²) < 4.78 is 0. The zero-order valence-electron chi connectivity index (χ0n) is 7.16. The highest BCUT2D eigenvalue weighted by Crippen LogP contribution is 2.20. The number of aromatic amines is 1. The minimum atomic E-state index is -0.874. The number of carboxylic acids is 1. The van der Waals surface area contributed by atoms with Crippen molar-refractivity contribution in [2.45, 2.75) is 6.92 Å². The molecule has 13 heavy (non-hydrogen) atoms. The van der Waals surface area contributed by atoms with Crippen LogP contribution < -0.4 is 0 Å². The Labute approximate surface area is 75.0 Å². The van der Waals surface area contributed by atoms with Crippen molar-refractivity contribution in [3.8, 4) is 0 Å². The molecule has 1 aromatic carbocycles. The second-order valence-corrected chi connectivity index (χ2v) is 2.98. The molecule has 0 radical (unpaired) electrons. The van der Waals surface area contributed by atoms with Crippen LogP contribution >= 0.6 is 0 Å². The number of nitrogens with one attached hydrogen (secondary N) is 1. The maximum atomic E-state index is 10.8. The monoisotopic (exact) mass is 175 g/mol.